The molecule has 0 aromatic heterocycles. The Kier molecular flexibility index (Phi) is 17.3. The van der Waals surface area contributed by atoms with E-state index in [0.717, 1.165) is 0 Å². The lowest BCUT2D eigenvalue weighted by Gasteiger charge is -2.27. The van der Waals surface area contributed by atoms with E-state index in [1.807, 2.05) is 0 Å². The summed E-state index contributed by atoms with van der Waals surface area (Å²) >= 11 is 0. The average Bonchev–Trinajstić information content (AvgIpc) is 2.94. The molecular formula is C27H51N9O6. The lowest BCUT2D eigenvalue weighted by Crippen LogP contribution is -2.60. The molecule has 0 spiro atoms. The van der Waals surface area contributed by atoms with Crippen molar-refractivity contribution in [3.05, 3.63) is 0 Å². The van der Waals surface area contributed by atoms with Gasteiger partial charge in [0.1, 0.15) is 36.3 Å². The van der Waals surface area contributed by atoms with Crippen LogP contribution in [0.15, 0.2) is 0 Å². The van der Waals surface area contributed by atoms with Gasteiger partial charge in [-0.25, -0.2) is 0 Å². The summed E-state index contributed by atoms with van der Waals surface area (Å²) in [4.78, 5) is 78.4. The van der Waals surface area contributed by atoms with Gasteiger partial charge >= 0.3 is 0 Å². The van der Waals surface area contributed by atoms with Gasteiger partial charge in [-0.05, 0) is 98.2 Å². The van der Waals surface area contributed by atoms with Crippen molar-refractivity contribution < 1.29 is 28.8 Å². The molecule has 0 saturated carbocycles. The van der Waals surface area contributed by atoms with Crippen LogP contribution in [-0.2, 0) is 28.8 Å². The van der Waals surface area contributed by atoms with Gasteiger partial charge in [-0.15, -0.1) is 0 Å². The molecule has 240 valence electrons. The topological polar surface area (TPSA) is 253 Å². The van der Waals surface area contributed by atoms with E-state index in [1.54, 1.807) is 0 Å². The highest BCUT2D eigenvalue weighted by atomic mass is 16.2. The van der Waals surface area contributed by atoms with Crippen molar-refractivity contribution in [3.8, 4) is 0 Å². The standard InChI is InChI=1S/C27H51N9O6/c1-16-22(37)34-20(11-5-8-14-29)26(41)32-18(3)24(39)36-21(12-6-9-15-30)27(42)33-17(2)23(38)35-19(25(40)31-16)10-4-7-13-28/h16-21H,4-15,28-30H2,1-3H3,(H,31,40)(H,32,41)(H,33,42)(H,34,37)(H,35,38)(H,36,39)/t16-,17-,18-,19-,20-,21-/m0/s1. The van der Waals surface area contributed by atoms with Crippen molar-refractivity contribution in [2.45, 2.75) is 115 Å². The molecule has 0 aliphatic carbocycles. The number of nitrogens with one attached hydrogen (secondary N) is 6. The highest BCUT2D eigenvalue weighted by Gasteiger charge is 2.32. The predicted octanol–water partition coefficient (Wildman–Crippen LogP) is -2.64. The number of carbonyl (C=O) groups excluding carboxylic acids is 6. The molecule has 1 heterocycles. The van der Waals surface area contributed by atoms with E-state index in [0.29, 0.717) is 58.2 Å². The molecule has 6 atom stereocenters. The molecule has 15 nitrogen and oxygen atoms in total. The van der Waals surface area contributed by atoms with Crippen LogP contribution in [0.25, 0.3) is 0 Å². The van der Waals surface area contributed by atoms with Crippen molar-refractivity contribution in [2.75, 3.05) is 19.6 Å². The van der Waals surface area contributed by atoms with Gasteiger partial charge in [0.15, 0.2) is 0 Å². The van der Waals surface area contributed by atoms with E-state index in [4.69, 9.17) is 17.2 Å². The van der Waals surface area contributed by atoms with Crippen molar-refractivity contribution in [2.24, 2.45) is 17.2 Å². The maximum absolute atomic E-state index is 13.1. The number of unbranched alkanes of at least 4 members (excludes halogenated alkanes) is 3. The molecule has 0 bridgehead atoms. The van der Waals surface area contributed by atoms with Crippen LogP contribution in [0.1, 0.15) is 78.6 Å². The average molecular weight is 598 g/mol. The van der Waals surface area contributed by atoms with Crippen LogP contribution in [0.4, 0.5) is 0 Å². The van der Waals surface area contributed by atoms with Gasteiger partial charge < -0.3 is 49.1 Å². The zero-order valence-electron chi connectivity index (χ0n) is 25.1. The van der Waals surface area contributed by atoms with Gasteiger partial charge in [0.25, 0.3) is 0 Å². The Bertz CT molecular complexity index is 804. The summed E-state index contributed by atoms with van der Waals surface area (Å²) < 4.78 is 0. The lowest BCUT2D eigenvalue weighted by atomic mass is 10.1. The molecule has 1 rings (SSSR count). The Hall–Kier alpha value is -3.30. The quantitative estimate of drug-likeness (QED) is 0.106. The van der Waals surface area contributed by atoms with E-state index in [-0.39, 0.29) is 19.3 Å². The molecule has 15 heteroatoms. The second kappa shape index (κ2) is 19.8. The molecule has 42 heavy (non-hydrogen) atoms. The third kappa shape index (κ3) is 13.1. The first-order chi connectivity index (χ1) is 19.9. The number of amides is 6. The molecule has 6 amide bonds. The molecule has 0 unspecified atom stereocenters. The third-order valence-corrected chi connectivity index (χ3v) is 7.00. The normalized spacial score (nSPS) is 27.0. The van der Waals surface area contributed by atoms with E-state index in [9.17, 15) is 28.8 Å². The van der Waals surface area contributed by atoms with Crippen LogP contribution in [0.2, 0.25) is 0 Å². The Labute approximate surface area is 248 Å². The first-order valence-corrected chi connectivity index (χ1v) is 14.9. The van der Waals surface area contributed by atoms with Crippen LogP contribution in [0.5, 0.6) is 0 Å². The second-order valence-corrected chi connectivity index (χ2v) is 10.7. The Balaban J connectivity index is 3.33. The van der Waals surface area contributed by atoms with E-state index in [1.165, 1.54) is 20.8 Å². The summed E-state index contributed by atoms with van der Waals surface area (Å²) in [7, 11) is 0. The monoisotopic (exact) mass is 597 g/mol. The smallest absolute Gasteiger partial charge is 0.243 e. The fourth-order valence-corrected chi connectivity index (χ4v) is 4.31. The SMILES string of the molecule is C[C@@H]1NC(=O)[C@H](CCCCN)NC(=O)[C@H](C)NC(=O)[C@H](CCCCN)NC(=O)[C@H](C)NC(=O)[C@H](CCCCN)NC1=O. The fraction of sp³-hybridized carbons (Fsp3) is 0.778. The third-order valence-electron chi connectivity index (χ3n) is 7.00. The Morgan fingerprint density at radius 1 is 0.405 bits per heavy atom. The van der Waals surface area contributed by atoms with Crippen LogP contribution in [0.3, 0.4) is 0 Å². The molecule has 0 aromatic rings. The van der Waals surface area contributed by atoms with Crippen molar-refractivity contribution in [1.29, 1.82) is 0 Å². The minimum absolute atomic E-state index is 0.254. The minimum atomic E-state index is -1.04. The highest BCUT2D eigenvalue weighted by molar-refractivity contribution is 5.97. The summed E-state index contributed by atoms with van der Waals surface area (Å²) in [5.41, 5.74) is 16.8. The lowest BCUT2D eigenvalue weighted by molar-refractivity contribution is -0.136. The molecule has 12 N–H and O–H groups in total. The number of nitrogens with two attached hydrogens (primary N) is 3. The number of carbonyl (C=O) groups is 6. The number of hydrogen-bond donors (Lipinski definition) is 9. The highest BCUT2D eigenvalue weighted by Crippen LogP contribution is 2.07. The van der Waals surface area contributed by atoms with Crippen LogP contribution >= 0.6 is 0 Å². The van der Waals surface area contributed by atoms with Gasteiger partial charge in [0.05, 0.1) is 0 Å². The molecule has 0 radical (unpaired) electrons. The zero-order valence-corrected chi connectivity index (χ0v) is 25.1. The largest absolute Gasteiger partial charge is 0.343 e. The van der Waals surface area contributed by atoms with Crippen LogP contribution < -0.4 is 49.1 Å². The van der Waals surface area contributed by atoms with Crippen LogP contribution in [-0.4, -0.2) is 91.3 Å². The molecule has 1 aliphatic rings. The van der Waals surface area contributed by atoms with E-state index < -0.39 is 71.7 Å². The first-order valence-electron chi connectivity index (χ1n) is 14.9. The van der Waals surface area contributed by atoms with E-state index >= 15 is 0 Å². The molecule has 1 fully saturated rings. The number of rotatable bonds is 12. The van der Waals surface area contributed by atoms with Gasteiger partial charge in [-0.2, -0.15) is 0 Å². The molecule has 1 saturated heterocycles. The maximum Gasteiger partial charge on any atom is 0.243 e. The van der Waals surface area contributed by atoms with Crippen molar-refractivity contribution >= 4 is 35.4 Å². The first kappa shape index (κ1) is 36.7. The summed E-state index contributed by atoms with van der Waals surface area (Å²) in [6, 6.07) is -6.11. The Morgan fingerprint density at radius 3 is 0.857 bits per heavy atom. The van der Waals surface area contributed by atoms with Gasteiger partial charge in [-0.1, -0.05) is 0 Å². The van der Waals surface area contributed by atoms with Gasteiger partial charge in [-0.3, -0.25) is 28.8 Å². The Morgan fingerprint density at radius 2 is 0.643 bits per heavy atom. The minimum Gasteiger partial charge on any atom is -0.343 e. The molecule has 0 aromatic carbocycles. The summed E-state index contributed by atoms with van der Waals surface area (Å²) in [6.07, 6.45) is 4.21. The predicted molar refractivity (Wildman–Crippen MR) is 157 cm³/mol. The fourth-order valence-electron chi connectivity index (χ4n) is 4.31. The second-order valence-electron chi connectivity index (χ2n) is 10.7. The van der Waals surface area contributed by atoms with Gasteiger partial charge in [0.2, 0.25) is 35.4 Å². The summed E-state index contributed by atoms with van der Waals surface area (Å²) in [5.74, 6) is -3.60. The van der Waals surface area contributed by atoms with E-state index in [2.05, 4.69) is 31.9 Å². The molecule has 1 aliphatic heterocycles. The van der Waals surface area contributed by atoms with Crippen LogP contribution in [0, 0.1) is 0 Å². The summed E-state index contributed by atoms with van der Waals surface area (Å²) in [6.45, 7) is 5.58. The zero-order chi connectivity index (χ0) is 31.7. The van der Waals surface area contributed by atoms with Crippen molar-refractivity contribution in [3.63, 3.8) is 0 Å². The maximum atomic E-state index is 13.1. The summed E-state index contributed by atoms with van der Waals surface area (Å²) in [5, 5.41) is 15.7. The molecular weight excluding hydrogens is 546 g/mol. The number of hydrogen-bond acceptors (Lipinski definition) is 9. The van der Waals surface area contributed by atoms with Crippen molar-refractivity contribution in [1.82, 2.24) is 31.9 Å². The van der Waals surface area contributed by atoms with Gasteiger partial charge in [0, 0.05) is 0 Å².